The molecule has 0 saturated carbocycles. The second-order valence-electron chi connectivity index (χ2n) is 6.13. The Morgan fingerprint density at radius 2 is 1.84 bits per heavy atom. The molecule has 1 aliphatic rings. The van der Waals surface area contributed by atoms with Gasteiger partial charge in [-0.05, 0) is 24.3 Å². The van der Waals surface area contributed by atoms with Crippen molar-refractivity contribution >= 4 is 16.8 Å². The number of carbonyl (C=O) groups excluding carboxylic acids is 1. The maximum absolute atomic E-state index is 12.5. The number of amides is 1. The smallest absolute Gasteiger partial charge is 0.289 e. The zero-order valence-corrected chi connectivity index (χ0v) is 13.5. The van der Waals surface area contributed by atoms with E-state index in [0.29, 0.717) is 30.6 Å². The Morgan fingerprint density at radius 1 is 1.12 bits per heavy atom. The van der Waals surface area contributed by atoms with Crippen molar-refractivity contribution in [2.24, 2.45) is 5.92 Å². The largest absolute Gasteiger partial charge is 0.493 e. The first-order valence-corrected chi connectivity index (χ1v) is 8.17. The molecule has 2 aromatic carbocycles. The number of nitrogens with one attached hydrogen (secondary N) is 1. The van der Waals surface area contributed by atoms with Crippen LogP contribution in [0.1, 0.15) is 10.6 Å². The van der Waals surface area contributed by atoms with Gasteiger partial charge in [0, 0.05) is 19.0 Å². The van der Waals surface area contributed by atoms with Crippen molar-refractivity contribution in [3.05, 3.63) is 70.8 Å². The first-order chi connectivity index (χ1) is 12.2. The van der Waals surface area contributed by atoms with E-state index in [2.05, 4.69) is 9.97 Å². The SMILES string of the molecule is O=C(c1nc2ccccc2c(=O)[nH]1)N1CC(COc2ccccc2)C1. The fourth-order valence-electron chi connectivity index (χ4n) is 2.91. The fourth-order valence-corrected chi connectivity index (χ4v) is 2.91. The van der Waals surface area contributed by atoms with Gasteiger partial charge in [0.2, 0.25) is 0 Å². The number of aromatic nitrogens is 2. The van der Waals surface area contributed by atoms with E-state index in [4.69, 9.17) is 4.74 Å². The van der Waals surface area contributed by atoms with Gasteiger partial charge in [0.05, 0.1) is 17.5 Å². The third-order valence-electron chi connectivity index (χ3n) is 4.29. The highest BCUT2D eigenvalue weighted by atomic mass is 16.5. The van der Waals surface area contributed by atoms with Crippen molar-refractivity contribution in [3.8, 4) is 5.75 Å². The number of fused-ring (bicyclic) bond motifs is 1. The Bertz CT molecular complexity index is 962. The maximum Gasteiger partial charge on any atom is 0.289 e. The summed E-state index contributed by atoms with van der Waals surface area (Å²) >= 11 is 0. The molecular formula is C19H17N3O3. The number of hydrogen-bond donors (Lipinski definition) is 1. The molecule has 0 bridgehead atoms. The first-order valence-electron chi connectivity index (χ1n) is 8.17. The minimum absolute atomic E-state index is 0.0890. The highest BCUT2D eigenvalue weighted by Crippen LogP contribution is 2.19. The van der Waals surface area contributed by atoms with Gasteiger partial charge in [-0.1, -0.05) is 30.3 Å². The molecule has 0 spiro atoms. The van der Waals surface area contributed by atoms with Crippen LogP contribution in [0.5, 0.6) is 5.75 Å². The maximum atomic E-state index is 12.5. The predicted molar refractivity (Wildman–Crippen MR) is 93.7 cm³/mol. The van der Waals surface area contributed by atoms with Crippen LogP contribution in [-0.4, -0.2) is 40.5 Å². The summed E-state index contributed by atoms with van der Waals surface area (Å²) in [5.74, 6) is 0.953. The summed E-state index contributed by atoms with van der Waals surface area (Å²) in [5, 5.41) is 0.483. The number of nitrogens with zero attached hydrogens (tertiary/aromatic N) is 2. The normalized spacial score (nSPS) is 14.3. The van der Waals surface area contributed by atoms with E-state index >= 15 is 0 Å². The molecule has 6 heteroatoms. The lowest BCUT2D eigenvalue weighted by molar-refractivity contribution is 0.0382. The number of rotatable bonds is 4. The van der Waals surface area contributed by atoms with Gasteiger partial charge < -0.3 is 14.6 Å². The van der Waals surface area contributed by atoms with Crippen molar-refractivity contribution < 1.29 is 9.53 Å². The van der Waals surface area contributed by atoms with Gasteiger partial charge in [-0.25, -0.2) is 4.98 Å². The third kappa shape index (κ3) is 3.10. The van der Waals surface area contributed by atoms with E-state index in [1.54, 1.807) is 29.2 Å². The summed E-state index contributed by atoms with van der Waals surface area (Å²) in [6, 6.07) is 16.6. The van der Waals surface area contributed by atoms with Gasteiger partial charge in [-0.3, -0.25) is 9.59 Å². The molecule has 1 aromatic heterocycles. The van der Waals surface area contributed by atoms with E-state index < -0.39 is 0 Å². The van der Waals surface area contributed by atoms with Crippen molar-refractivity contribution in [3.63, 3.8) is 0 Å². The minimum Gasteiger partial charge on any atom is -0.493 e. The Morgan fingerprint density at radius 3 is 2.64 bits per heavy atom. The molecule has 3 aromatic rings. The lowest BCUT2D eigenvalue weighted by atomic mass is 10.0. The van der Waals surface area contributed by atoms with Crippen LogP contribution in [0.15, 0.2) is 59.4 Å². The van der Waals surface area contributed by atoms with E-state index in [9.17, 15) is 9.59 Å². The number of H-pyrrole nitrogens is 1. The topological polar surface area (TPSA) is 75.3 Å². The van der Waals surface area contributed by atoms with Crippen LogP contribution in [0.25, 0.3) is 10.9 Å². The summed E-state index contributed by atoms with van der Waals surface area (Å²) in [5.41, 5.74) is 0.234. The van der Waals surface area contributed by atoms with Gasteiger partial charge in [-0.2, -0.15) is 0 Å². The number of likely N-dealkylation sites (tertiary alicyclic amines) is 1. The Kier molecular flexibility index (Phi) is 3.93. The molecule has 126 valence electrons. The van der Waals surface area contributed by atoms with Crippen LogP contribution in [0, 0.1) is 5.92 Å². The first kappa shape index (κ1) is 15.4. The van der Waals surface area contributed by atoms with E-state index in [-0.39, 0.29) is 23.2 Å². The molecule has 6 nitrogen and oxygen atoms in total. The Labute approximate surface area is 144 Å². The van der Waals surface area contributed by atoms with E-state index in [1.807, 2.05) is 30.3 Å². The average molecular weight is 335 g/mol. The number of aromatic amines is 1. The molecule has 1 aliphatic heterocycles. The van der Waals surface area contributed by atoms with Crippen LogP contribution in [0.4, 0.5) is 0 Å². The van der Waals surface area contributed by atoms with Crippen LogP contribution in [0.2, 0.25) is 0 Å². The summed E-state index contributed by atoms with van der Waals surface area (Å²) in [4.78, 5) is 33.1. The fraction of sp³-hybridized carbons (Fsp3) is 0.211. The molecule has 1 N–H and O–H groups in total. The summed E-state index contributed by atoms with van der Waals surface area (Å²) in [6.45, 7) is 1.76. The number of ether oxygens (including phenoxy) is 1. The second-order valence-corrected chi connectivity index (χ2v) is 6.13. The number of benzene rings is 2. The number of hydrogen-bond acceptors (Lipinski definition) is 4. The Hall–Kier alpha value is -3.15. The highest BCUT2D eigenvalue weighted by Gasteiger charge is 2.33. The zero-order chi connectivity index (χ0) is 17.2. The van der Waals surface area contributed by atoms with Crippen molar-refractivity contribution in [2.75, 3.05) is 19.7 Å². The molecule has 2 heterocycles. The molecule has 1 saturated heterocycles. The zero-order valence-electron chi connectivity index (χ0n) is 13.5. The van der Waals surface area contributed by atoms with Crippen LogP contribution in [0.3, 0.4) is 0 Å². The summed E-state index contributed by atoms with van der Waals surface area (Å²) < 4.78 is 5.71. The average Bonchev–Trinajstić information content (AvgIpc) is 2.61. The lowest BCUT2D eigenvalue weighted by Crippen LogP contribution is -2.52. The van der Waals surface area contributed by atoms with Gasteiger partial charge >= 0.3 is 0 Å². The third-order valence-corrected chi connectivity index (χ3v) is 4.29. The molecule has 0 unspecified atom stereocenters. The number of carbonyl (C=O) groups is 1. The quantitative estimate of drug-likeness (QED) is 0.792. The minimum atomic E-state index is -0.293. The van der Waals surface area contributed by atoms with Gasteiger partial charge in [-0.15, -0.1) is 0 Å². The summed E-state index contributed by atoms with van der Waals surface area (Å²) in [7, 11) is 0. The lowest BCUT2D eigenvalue weighted by Gasteiger charge is -2.38. The van der Waals surface area contributed by atoms with Crippen molar-refractivity contribution in [1.82, 2.24) is 14.9 Å². The number of para-hydroxylation sites is 2. The highest BCUT2D eigenvalue weighted by molar-refractivity contribution is 5.93. The molecular weight excluding hydrogens is 318 g/mol. The molecule has 1 fully saturated rings. The van der Waals surface area contributed by atoms with Crippen molar-refractivity contribution in [1.29, 1.82) is 0 Å². The van der Waals surface area contributed by atoms with Gasteiger partial charge in [0.15, 0.2) is 5.82 Å². The summed E-state index contributed by atoms with van der Waals surface area (Å²) in [6.07, 6.45) is 0. The predicted octanol–water partition coefficient (Wildman–Crippen LogP) is 2.07. The van der Waals surface area contributed by atoms with E-state index in [0.717, 1.165) is 5.75 Å². The van der Waals surface area contributed by atoms with Crippen LogP contribution in [-0.2, 0) is 0 Å². The Balaban J connectivity index is 1.39. The molecule has 4 rings (SSSR count). The molecule has 0 radical (unpaired) electrons. The van der Waals surface area contributed by atoms with E-state index in [1.165, 1.54) is 0 Å². The standard InChI is InChI=1S/C19H17N3O3/c23-18-15-8-4-5-9-16(15)20-17(21-18)19(24)22-10-13(11-22)12-25-14-6-2-1-3-7-14/h1-9,13H,10-12H2,(H,20,21,23). The second kappa shape index (κ2) is 6.39. The molecule has 0 aliphatic carbocycles. The van der Waals surface area contributed by atoms with Gasteiger partial charge in [0.25, 0.3) is 11.5 Å². The van der Waals surface area contributed by atoms with Crippen LogP contribution < -0.4 is 10.3 Å². The monoisotopic (exact) mass is 335 g/mol. The molecule has 1 amide bonds. The molecule has 25 heavy (non-hydrogen) atoms. The van der Waals surface area contributed by atoms with Crippen molar-refractivity contribution in [2.45, 2.75) is 0 Å². The molecule has 0 atom stereocenters. The van der Waals surface area contributed by atoms with Gasteiger partial charge in [0.1, 0.15) is 5.75 Å². The van der Waals surface area contributed by atoms with Crippen LogP contribution >= 0.6 is 0 Å².